The smallest absolute Gasteiger partial charge is 0.326 e. The minimum absolute atomic E-state index is 0.100. The number of aromatic amines is 1. The van der Waals surface area contributed by atoms with E-state index in [9.17, 15) is 29.1 Å². The summed E-state index contributed by atoms with van der Waals surface area (Å²) in [6.07, 6.45) is 2.51. The number of primary amides is 1. The van der Waals surface area contributed by atoms with Crippen LogP contribution in [0, 0.1) is 11.8 Å². The van der Waals surface area contributed by atoms with Gasteiger partial charge in [-0.05, 0) is 18.3 Å². The Morgan fingerprint density at radius 3 is 2.09 bits per heavy atom. The first-order valence-electron chi connectivity index (χ1n) is 11.0. The molecule has 4 unspecified atom stereocenters. The molecule has 0 aliphatic carbocycles. The number of carbonyl (C=O) groups excluding carboxylic acids is 4. The molecule has 0 bridgehead atoms. The number of amides is 4. The minimum atomic E-state index is -1.45. The van der Waals surface area contributed by atoms with Crippen LogP contribution < -0.4 is 27.4 Å². The van der Waals surface area contributed by atoms with Crippen molar-refractivity contribution in [2.75, 3.05) is 0 Å². The van der Waals surface area contributed by atoms with Crippen molar-refractivity contribution in [3.05, 3.63) is 18.2 Å². The molecule has 4 atom stereocenters. The van der Waals surface area contributed by atoms with E-state index in [1.165, 1.54) is 12.5 Å². The van der Waals surface area contributed by atoms with Crippen molar-refractivity contribution < 1.29 is 29.1 Å². The highest BCUT2D eigenvalue weighted by atomic mass is 16.4. The van der Waals surface area contributed by atoms with Crippen LogP contribution in [0.5, 0.6) is 0 Å². The Morgan fingerprint density at radius 2 is 1.62 bits per heavy atom. The van der Waals surface area contributed by atoms with Gasteiger partial charge < -0.3 is 37.5 Å². The fourth-order valence-electron chi connectivity index (χ4n) is 3.17. The number of carbonyl (C=O) groups is 5. The third-order valence-corrected chi connectivity index (χ3v) is 4.94. The van der Waals surface area contributed by atoms with Gasteiger partial charge in [-0.2, -0.15) is 0 Å². The number of aromatic nitrogens is 2. The highest BCUT2D eigenvalue weighted by Crippen LogP contribution is 2.08. The van der Waals surface area contributed by atoms with E-state index in [1.54, 1.807) is 13.8 Å². The number of aliphatic carboxylic acids is 1. The largest absolute Gasteiger partial charge is 0.480 e. The molecule has 0 saturated heterocycles. The highest BCUT2D eigenvalue weighted by molar-refractivity contribution is 5.96. The Hall–Kier alpha value is -3.48. The second-order valence-electron chi connectivity index (χ2n) is 8.88. The molecule has 0 aliphatic heterocycles. The zero-order valence-corrected chi connectivity index (χ0v) is 19.8. The van der Waals surface area contributed by atoms with E-state index >= 15 is 0 Å². The molecule has 13 nitrogen and oxygen atoms in total. The summed E-state index contributed by atoms with van der Waals surface area (Å²) in [5, 5.41) is 16.7. The Morgan fingerprint density at radius 1 is 1.00 bits per heavy atom. The van der Waals surface area contributed by atoms with Crippen LogP contribution in [0.25, 0.3) is 0 Å². The van der Waals surface area contributed by atoms with Crippen molar-refractivity contribution in [3.63, 3.8) is 0 Å². The lowest BCUT2D eigenvalue weighted by Gasteiger charge is -2.26. The van der Waals surface area contributed by atoms with Crippen LogP contribution >= 0.6 is 0 Å². The number of H-pyrrole nitrogens is 1. The van der Waals surface area contributed by atoms with E-state index in [4.69, 9.17) is 11.5 Å². The lowest BCUT2D eigenvalue weighted by molar-refractivity contribution is -0.142. The van der Waals surface area contributed by atoms with Gasteiger partial charge >= 0.3 is 5.97 Å². The summed E-state index contributed by atoms with van der Waals surface area (Å²) >= 11 is 0. The monoisotopic (exact) mass is 481 g/mol. The first kappa shape index (κ1) is 28.6. The van der Waals surface area contributed by atoms with E-state index in [1.807, 2.05) is 13.8 Å². The number of rotatable bonds is 14. The molecule has 1 heterocycles. The average Bonchev–Trinajstić information content (AvgIpc) is 3.22. The van der Waals surface area contributed by atoms with Crippen molar-refractivity contribution >= 4 is 29.6 Å². The zero-order chi connectivity index (χ0) is 26.0. The van der Waals surface area contributed by atoms with E-state index < -0.39 is 60.2 Å². The van der Waals surface area contributed by atoms with E-state index in [0.717, 1.165) is 0 Å². The molecule has 1 aromatic rings. The maximum absolute atomic E-state index is 12.9. The van der Waals surface area contributed by atoms with E-state index in [2.05, 4.69) is 25.9 Å². The molecule has 0 aliphatic rings. The molecular weight excluding hydrogens is 446 g/mol. The molecular formula is C21H35N7O6. The lowest BCUT2D eigenvalue weighted by atomic mass is 10.00. The molecule has 34 heavy (non-hydrogen) atoms. The summed E-state index contributed by atoms with van der Waals surface area (Å²) in [5.41, 5.74) is 11.6. The number of hydrogen-bond donors (Lipinski definition) is 7. The number of nitrogens with zero attached hydrogens (tertiary/aromatic N) is 1. The molecule has 1 aromatic heterocycles. The lowest BCUT2D eigenvalue weighted by Crippen LogP contribution is -2.59. The summed E-state index contributed by atoms with van der Waals surface area (Å²) in [6, 6.07) is -4.67. The molecule has 9 N–H and O–H groups in total. The van der Waals surface area contributed by atoms with Gasteiger partial charge in [-0.25, -0.2) is 9.78 Å². The molecule has 13 heteroatoms. The minimum Gasteiger partial charge on any atom is -0.480 e. The van der Waals surface area contributed by atoms with E-state index in [-0.39, 0.29) is 18.3 Å². The first-order chi connectivity index (χ1) is 15.8. The SMILES string of the molecule is CC(C)CC(N)C(=O)NC(C(=O)NC(CC(N)=O)C(=O)NC(Cc1cnc[nH]1)C(=O)O)C(C)C. The van der Waals surface area contributed by atoms with Crippen molar-refractivity contribution in [1.82, 2.24) is 25.9 Å². The van der Waals surface area contributed by atoms with Gasteiger partial charge in [-0.15, -0.1) is 0 Å². The molecule has 0 aromatic carbocycles. The van der Waals surface area contributed by atoms with Crippen LogP contribution in [0.4, 0.5) is 0 Å². The highest BCUT2D eigenvalue weighted by Gasteiger charge is 2.32. The van der Waals surface area contributed by atoms with Crippen molar-refractivity contribution in [2.24, 2.45) is 23.3 Å². The van der Waals surface area contributed by atoms with Gasteiger partial charge in [-0.1, -0.05) is 27.7 Å². The summed E-state index contributed by atoms with van der Waals surface area (Å²) in [7, 11) is 0. The third kappa shape index (κ3) is 9.57. The maximum Gasteiger partial charge on any atom is 0.326 e. The number of imidazole rings is 1. The maximum atomic E-state index is 12.9. The van der Waals surface area contributed by atoms with Gasteiger partial charge in [-0.3, -0.25) is 19.2 Å². The predicted octanol–water partition coefficient (Wildman–Crippen LogP) is -1.60. The van der Waals surface area contributed by atoms with Crippen LogP contribution in [0.15, 0.2) is 12.5 Å². The van der Waals surface area contributed by atoms with Gasteiger partial charge in [0, 0.05) is 18.3 Å². The standard InChI is InChI=1S/C21H35N7O6/c1-10(2)5-13(22)18(30)28-17(11(3)4)20(32)26-14(7-16(23)29)19(31)27-15(21(33)34)6-12-8-24-9-25-12/h8-11,13-15,17H,5-7,22H2,1-4H3,(H2,23,29)(H,24,25)(H,26,32)(H,27,31)(H,28,30)(H,33,34). The summed E-state index contributed by atoms with van der Waals surface area (Å²) in [5.74, 6) is -4.59. The summed E-state index contributed by atoms with van der Waals surface area (Å²) in [6.45, 7) is 7.19. The number of hydrogen-bond acceptors (Lipinski definition) is 7. The first-order valence-corrected chi connectivity index (χ1v) is 11.0. The van der Waals surface area contributed by atoms with E-state index in [0.29, 0.717) is 12.1 Å². The molecule has 190 valence electrons. The Bertz CT molecular complexity index is 856. The van der Waals surface area contributed by atoms with Gasteiger partial charge in [0.1, 0.15) is 18.1 Å². The average molecular weight is 482 g/mol. The fourth-order valence-corrected chi connectivity index (χ4v) is 3.17. The quantitative estimate of drug-likeness (QED) is 0.163. The van der Waals surface area contributed by atoms with Crippen molar-refractivity contribution in [3.8, 4) is 0 Å². The van der Waals surface area contributed by atoms with Crippen LogP contribution in [0.1, 0.15) is 46.2 Å². The number of carboxylic acid groups (broad SMARTS) is 1. The topological polar surface area (TPSA) is 222 Å². The Labute approximate surface area is 197 Å². The van der Waals surface area contributed by atoms with Gasteiger partial charge in [0.25, 0.3) is 0 Å². The molecule has 1 rings (SSSR count). The second kappa shape index (κ2) is 13.3. The van der Waals surface area contributed by atoms with Crippen molar-refractivity contribution in [2.45, 2.75) is 71.1 Å². The second-order valence-corrected chi connectivity index (χ2v) is 8.88. The van der Waals surface area contributed by atoms with Crippen molar-refractivity contribution in [1.29, 1.82) is 0 Å². The zero-order valence-electron chi connectivity index (χ0n) is 19.8. The molecule has 4 amide bonds. The molecule has 0 radical (unpaired) electrons. The predicted molar refractivity (Wildman–Crippen MR) is 122 cm³/mol. The summed E-state index contributed by atoms with van der Waals surface area (Å²) < 4.78 is 0. The van der Waals surface area contributed by atoms with Crippen LogP contribution in [0.3, 0.4) is 0 Å². The fraction of sp³-hybridized carbons (Fsp3) is 0.619. The molecule has 0 fully saturated rings. The normalized spacial score (nSPS) is 14.7. The van der Waals surface area contributed by atoms with Crippen LogP contribution in [-0.4, -0.2) is 68.8 Å². The Balaban J connectivity index is 2.95. The number of nitrogens with one attached hydrogen (secondary N) is 4. The number of nitrogens with two attached hydrogens (primary N) is 2. The summed E-state index contributed by atoms with van der Waals surface area (Å²) in [4.78, 5) is 67.8. The number of carboxylic acids is 1. The Kier molecular flexibility index (Phi) is 11.2. The van der Waals surface area contributed by atoms with Gasteiger partial charge in [0.2, 0.25) is 23.6 Å². The van der Waals surface area contributed by atoms with Gasteiger partial charge in [0.15, 0.2) is 0 Å². The molecule has 0 spiro atoms. The molecule has 0 saturated carbocycles. The van der Waals surface area contributed by atoms with Crippen LogP contribution in [0.2, 0.25) is 0 Å². The van der Waals surface area contributed by atoms with Gasteiger partial charge in [0.05, 0.1) is 18.8 Å². The third-order valence-electron chi connectivity index (χ3n) is 4.94. The van der Waals surface area contributed by atoms with Crippen LogP contribution in [-0.2, 0) is 30.4 Å².